The van der Waals surface area contributed by atoms with Gasteiger partial charge in [-0.1, -0.05) is 34.8 Å². The van der Waals surface area contributed by atoms with Crippen LogP contribution in [0.3, 0.4) is 0 Å². The minimum atomic E-state index is -0.787. The second kappa shape index (κ2) is 7.47. The van der Waals surface area contributed by atoms with Crippen LogP contribution in [0.25, 0.3) is 0 Å². The minimum Gasteiger partial charge on any atom is -0.460 e. The maximum Gasteiger partial charge on any atom is 0.374 e. The first-order valence-corrected chi connectivity index (χ1v) is 6.66. The summed E-state index contributed by atoms with van der Waals surface area (Å²) in [4.78, 5) is 26.7. The molecule has 0 aliphatic carbocycles. The number of hydrogen-bond acceptors (Lipinski definition) is 4. The van der Waals surface area contributed by atoms with Crippen molar-refractivity contribution < 1.29 is 14.3 Å². The van der Waals surface area contributed by atoms with Gasteiger partial charge in [0, 0.05) is 11.9 Å². The standard InChI is InChI=1S/C12H11Cl3N2O3/c1-3-20-12(19)11(16-6(2)18)17-10-8(14)4-7(13)5-9(10)15/h4-5H,3H2,1-2H3,(H,16,17,18). The third kappa shape index (κ3) is 4.67. The number of nitrogens with one attached hydrogen (secondary N) is 1. The molecule has 0 aliphatic rings. The second-order valence-electron chi connectivity index (χ2n) is 3.58. The van der Waals surface area contributed by atoms with E-state index in [9.17, 15) is 9.59 Å². The Morgan fingerprint density at radius 1 is 1.25 bits per heavy atom. The topological polar surface area (TPSA) is 67.8 Å². The van der Waals surface area contributed by atoms with Gasteiger partial charge in [-0.2, -0.15) is 0 Å². The lowest BCUT2D eigenvalue weighted by atomic mass is 10.3. The number of benzene rings is 1. The van der Waals surface area contributed by atoms with Crippen molar-refractivity contribution >= 4 is 58.2 Å². The number of carbonyl (C=O) groups excluding carboxylic acids is 2. The molecule has 1 aromatic rings. The summed E-state index contributed by atoms with van der Waals surface area (Å²) < 4.78 is 4.78. The van der Waals surface area contributed by atoms with E-state index in [-0.39, 0.29) is 28.2 Å². The Morgan fingerprint density at radius 3 is 2.25 bits per heavy atom. The molecule has 1 rings (SSSR count). The third-order valence-corrected chi connectivity index (χ3v) is 2.76. The van der Waals surface area contributed by atoms with Crippen molar-refractivity contribution in [3.63, 3.8) is 0 Å². The van der Waals surface area contributed by atoms with E-state index in [1.54, 1.807) is 6.92 Å². The van der Waals surface area contributed by atoms with Crippen molar-refractivity contribution in [2.75, 3.05) is 6.61 Å². The normalized spacial score (nSPS) is 11.2. The van der Waals surface area contributed by atoms with E-state index in [4.69, 9.17) is 39.5 Å². The maximum absolute atomic E-state index is 11.7. The van der Waals surface area contributed by atoms with E-state index in [1.165, 1.54) is 19.1 Å². The van der Waals surface area contributed by atoms with E-state index < -0.39 is 11.9 Å². The molecular formula is C12H11Cl3N2O3. The van der Waals surface area contributed by atoms with E-state index in [0.717, 1.165) is 0 Å². The number of rotatable bonds is 2. The quantitative estimate of drug-likeness (QED) is 0.511. The van der Waals surface area contributed by atoms with Crippen LogP contribution in [0.1, 0.15) is 13.8 Å². The molecule has 0 saturated heterocycles. The summed E-state index contributed by atoms with van der Waals surface area (Å²) in [6.45, 7) is 3.00. The summed E-state index contributed by atoms with van der Waals surface area (Å²) in [6, 6.07) is 2.84. The van der Waals surface area contributed by atoms with Crippen molar-refractivity contribution in [2.45, 2.75) is 13.8 Å². The Hall–Kier alpha value is -1.30. The summed E-state index contributed by atoms with van der Waals surface area (Å²) in [5, 5.41) is 2.89. The van der Waals surface area contributed by atoms with Crippen LogP contribution in [0.5, 0.6) is 0 Å². The highest BCUT2D eigenvalue weighted by atomic mass is 35.5. The molecule has 0 heterocycles. The lowest BCUT2D eigenvalue weighted by molar-refractivity contribution is -0.135. The molecule has 0 spiro atoms. The summed E-state index contributed by atoms with van der Waals surface area (Å²) in [6.07, 6.45) is 0. The summed E-state index contributed by atoms with van der Waals surface area (Å²) in [7, 11) is 0. The zero-order chi connectivity index (χ0) is 15.3. The van der Waals surface area contributed by atoms with Crippen molar-refractivity contribution in [3.05, 3.63) is 27.2 Å². The van der Waals surface area contributed by atoms with Gasteiger partial charge in [0.05, 0.1) is 16.7 Å². The number of hydrogen-bond donors (Lipinski definition) is 1. The number of amidine groups is 1. The number of ether oxygens (including phenoxy) is 1. The average Bonchev–Trinajstić information content (AvgIpc) is 2.31. The Kier molecular flexibility index (Phi) is 6.26. The van der Waals surface area contributed by atoms with Crippen LogP contribution in [-0.2, 0) is 14.3 Å². The predicted octanol–water partition coefficient (Wildman–Crippen LogP) is 3.38. The van der Waals surface area contributed by atoms with Crippen LogP contribution in [0, 0.1) is 0 Å². The number of halogens is 3. The average molecular weight is 338 g/mol. The molecule has 0 aromatic heterocycles. The highest BCUT2D eigenvalue weighted by Gasteiger charge is 2.17. The molecular weight excluding hydrogens is 327 g/mol. The van der Waals surface area contributed by atoms with Gasteiger partial charge in [-0.15, -0.1) is 0 Å². The monoisotopic (exact) mass is 336 g/mol. The Balaban J connectivity index is 3.25. The fraction of sp³-hybridized carbons (Fsp3) is 0.250. The Bertz CT molecular complexity index is 550. The van der Waals surface area contributed by atoms with Gasteiger partial charge in [0.2, 0.25) is 11.7 Å². The first kappa shape index (κ1) is 16.8. The van der Waals surface area contributed by atoms with Gasteiger partial charge in [0.1, 0.15) is 5.69 Å². The molecule has 0 bridgehead atoms. The number of carbonyl (C=O) groups is 2. The highest BCUT2D eigenvalue weighted by molar-refractivity contribution is 6.43. The molecule has 1 N–H and O–H groups in total. The van der Waals surface area contributed by atoms with E-state index in [1.807, 2.05) is 0 Å². The molecule has 0 saturated carbocycles. The lowest BCUT2D eigenvalue weighted by Crippen LogP contribution is -2.35. The fourth-order valence-corrected chi connectivity index (χ4v) is 2.15. The minimum absolute atomic E-state index is 0.120. The molecule has 1 aromatic carbocycles. The molecule has 8 heteroatoms. The van der Waals surface area contributed by atoms with Gasteiger partial charge >= 0.3 is 5.97 Å². The van der Waals surface area contributed by atoms with Crippen molar-refractivity contribution in [1.29, 1.82) is 0 Å². The smallest absolute Gasteiger partial charge is 0.374 e. The molecule has 0 atom stereocenters. The summed E-state index contributed by atoms with van der Waals surface area (Å²) in [5.74, 6) is -1.56. The van der Waals surface area contributed by atoms with Gasteiger partial charge in [-0.3, -0.25) is 4.79 Å². The number of amides is 1. The predicted molar refractivity (Wildman–Crippen MR) is 79.0 cm³/mol. The van der Waals surface area contributed by atoms with Crippen LogP contribution < -0.4 is 5.32 Å². The number of esters is 1. The van der Waals surface area contributed by atoms with Gasteiger partial charge in [0.15, 0.2) is 0 Å². The number of nitrogens with zero attached hydrogens (tertiary/aromatic N) is 1. The molecule has 5 nitrogen and oxygen atoms in total. The maximum atomic E-state index is 11.7. The van der Waals surface area contributed by atoms with Crippen molar-refractivity contribution in [3.8, 4) is 0 Å². The zero-order valence-corrected chi connectivity index (χ0v) is 12.9. The summed E-state index contributed by atoms with van der Waals surface area (Å²) in [5.41, 5.74) is 0.120. The first-order valence-electron chi connectivity index (χ1n) is 5.53. The lowest BCUT2D eigenvalue weighted by Gasteiger charge is -2.08. The zero-order valence-electron chi connectivity index (χ0n) is 10.7. The van der Waals surface area contributed by atoms with Crippen molar-refractivity contribution in [2.24, 2.45) is 4.99 Å². The van der Waals surface area contributed by atoms with Crippen LogP contribution in [-0.4, -0.2) is 24.3 Å². The SMILES string of the molecule is CCOC(=O)C(=Nc1c(Cl)cc(Cl)cc1Cl)NC(C)=O. The summed E-state index contributed by atoms with van der Waals surface area (Å²) >= 11 is 17.7. The second-order valence-corrected chi connectivity index (χ2v) is 4.83. The van der Waals surface area contributed by atoms with Crippen LogP contribution in [0.15, 0.2) is 17.1 Å². The molecule has 0 fully saturated rings. The largest absolute Gasteiger partial charge is 0.460 e. The number of aliphatic imine (C=N–C) groups is 1. The Morgan fingerprint density at radius 2 is 1.80 bits per heavy atom. The molecule has 20 heavy (non-hydrogen) atoms. The van der Waals surface area contributed by atoms with Gasteiger partial charge in [0.25, 0.3) is 0 Å². The van der Waals surface area contributed by atoms with E-state index in [2.05, 4.69) is 10.3 Å². The van der Waals surface area contributed by atoms with Crippen LogP contribution in [0.4, 0.5) is 5.69 Å². The van der Waals surface area contributed by atoms with Crippen molar-refractivity contribution in [1.82, 2.24) is 5.32 Å². The highest BCUT2D eigenvalue weighted by Crippen LogP contribution is 2.36. The van der Waals surface area contributed by atoms with Gasteiger partial charge in [-0.05, 0) is 19.1 Å². The van der Waals surface area contributed by atoms with E-state index in [0.29, 0.717) is 5.02 Å². The third-order valence-electron chi connectivity index (χ3n) is 1.97. The molecule has 108 valence electrons. The van der Waals surface area contributed by atoms with Gasteiger partial charge in [-0.25, -0.2) is 9.79 Å². The molecule has 0 unspecified atom stereocenters. The van der Waals surface area contributed by atoms with Crippen LogP contribution >= 0.6 is 34.8 Å². The fourth-order valence-electron chi connectivity index (χ4n) is 1.24. The first-order chi connectivity index (χ1) is 9.35. The molecule has 0 radical (unpaired) electrons. The van der Waals surface area contributed by atoms with E-state index >= 15 is 0 Å². The Labute approximate surface area is 130 Å². The molecule has 0 aliphatic heterocycles. The van der Waals surface area contributed by atoms with Crippen LogP contribution in [0.2, 0.25) is 15.1 Å². The van der Waals surface area contributed by atoms with Gasteiger partial charge < -0.3 is 10.1 Å². The molecule has 1 amide bonds.